The summed E-state index contributed by atoms with van der Waals surface area (Å²) >= 11 is 0. The molecule has 0 saturated heterocycles. The van der Waals surface area contributed by atoms with Crippen molar-refractivity contribution in [2.45, 2.75) is 70.7 Å². The summed E-state index contributed by atoms with van der Waals surface area (Å²) in [6.07, 6.45) is 8.51. The van der Waals surface area contributed by atoms with E-state index in [0.717, 1.165) is 38.5 Å². The van der Waals surface area contributed by atoms with Crippen molar-refractivity contribution in [3.05, 3.63) is 23.3 Å². The van der Waals surface area contributed by atoms with E-state index >= 15 is 0 Å². The Morgan fingerprint density at radius 3 is 2.64 bits per heavy atom. The predicted molar refractivity (Wildman–Crippen MR) is 85.1 cm³/mol. The van der Waals surface area contributed by atoms with Gasteiger partial charge in [0.1, 0.15) is 0 Å². The molecular formula is C19H28O3. The first-order chi connectivity index (χ1) is 10.4. The number of aliphatic hydroxyl groups is 3. The van der Waals surface area contributed by atoms with Gasteiger partial charge < -0.3 is 15.3 Å². The van der Waals surface area contributed by atoms with Crippen LogP contribution >= 0.6 is 0 Å². The van der Waals surface area contributed by atoms with E-state index in [0.29, 0.717) is 11.8 Å². The fraction of sp³-hybridized carbons (Fsp3) is 0.789. The fourth-order valence-corrected chi connectivity index (χ4v) is 5.98. The van der Waals surface area contributed by atoms with E-state index in [-0.39, 0.29) is 29.1 Å². The summed E-state index contributed by atoms with van der Waals surface area (Å²) in [4.78, 5) is 0. The second kappa shape index (κ2) is 4.68. The van der Waals surface area contributed by atoms with Gasteiger partial charge in [-0.3, -0.25) is 0 Å². The zero-order valence-corrected chi connectivity index (χ0v) is 13.6. The molecule has 4 aliphatic carbocycles. The summed E-state index contributed by atoms with van der Waals surface area (Å²) < 4.78 is 0. The Hall–Kier alpha value is -0.640. The molecule has 22 heavy (non-hydrogen) atoms. The average Bonchev–Trinajstić information content (AvgIpc) is 2.77. The molecule has 1 fully saturated rings. The molecule has 4 rings (SSSR count). The lowest BCUT2D eigenvalue weighted by Crippen LogP contribution is -2.48. The first kappa shape index (κ1) is 14.9. The molecule has 3 heteroatoms. The van der Waals surface area contributed by atoms with E-state index in [2.05, 4.69) is 19.9 Å². The highest BCUT2D eigenvalue weighted by molar-refractivity contribution is 5.40. The van der Waals surface area contributed by atoms with E-state index < -0.39 is 0 Å². The van der Waals surface area contributed by atoms with Crippen molar-refractivity contribution in [2.24, 2.45) is 22.7 Å². The van der Waals surface area contributed by atoms with Gasteiger partial charge in [0.25, 0.3) is 0 Å². The Labute approximate surface area is 132 Å². The maximum absolute atomic E-state index is 10.8. The van der Waals surface area contributed by atoms with E-state index in [1.807, 2.05) is 6.08 Å². The maximum Gasteiger partial charge on any atom is 0.0759 e. The van der Waals surface area contributed by atoms with Gasteiger partial charge in [0.2, 0.25) is 0 Å². The standard InChI is InChI=1S/C19H28O3/c1-18-7-5-12(20)9-11(18)10-15(21)17-13-3-4-16(22)19(13,2)8-6-14(17)18/h5,7,11-13,15-16,20-22H,3-4,6,8-10H2,1-2H3/t11?,12?,13-,15?,16?,18-,19-/m0/s1. The number of hydrogen-bond acceptors (Lipinski definition) is 3. The molecule has 3 N–H and O–H groups in total. The summed E-state index contributed by atoms with van der Waals surface area (Å²) in [6, 6.07) is 0. The Morgan fingerprint density at radius 2 is 1.86 bits per heavy atom. The molecule has 4 aliphatic rings. The minimum Gasteiger partial charge on any atom is -0.393 e. The van der Waals surface area contributed by atoms with Gasteiger partial charge in [-0.25, -0.2) is 0 Å². The Bertz CT molecular complexity index is 551. The first-order valence-electron chi connectivity index (χ1n) is 8.83. The minimum absolute atomic E-state index is 0.0112. The minimum atomic E-state index is -0.387. The van der Waals surface area contributed by atoms with Crippen LogP contribution in [0.2, 0.25) is 0 Å². The van der Waals surface area contributed by atoms with Crippen LogP contribution in [0.1, 0.15) is 52.4 Å². The normalized spacial score (nSPS) is 54.0. The molecule has 0 aliphatic heterocycles. The van der Waals surface area contributed by atoms with Crippen molar-refractivity contribution in [1.29, 1.82) is 0 Å². The molecule has 0 radical (unpaired) electrons. The average molecular weight is 304 g/mol. The van der Waals surface area contributed by atoms with E-state index in [1.165, 1.54) is 11.1 Å². The fourth-order valence-electron chi connectivity index (χ4n) is 5.98. The van der Waals surface area contributed by atoms with Crippen LogP contribution in [0.3, 0.4) is 0 Å². The van der Waals surface area contributed by atoms with Gasteiger partial charge in [-0.2, -0.15) is 0 Å². The van der Waals surface area contributed by atoms with Crippen LogP contribution in [0.5, 0.6) is 0 Å². The quantitative estimate of drug-likeness (QED) is 0.603. The summed E-state index contributed by atoms with van der Waals surface area (Å²) in [5, 5.41) is 31.2. The van der Waals surface area contributed by atoms with Crippen LogP contribution in [0.4, 0.5) is 0 Å². The number of allylic oxidation sites excluding steroid dienone is 2. The highest BCUT2D eigenvalue weighted by atomic mass is 16.3. The molecule has 0 bridgehead atoms. The van der Waals surface area contributed by atoms with Crippen LogP contribution in [-0.4, -0.2) is 33.6 Å². The van der Waals surface area contributed by atoms with Gasteiger partial charge in [0.05, 0.1) is 18.3 Å². The molecule has 0 heterocycles. The van der Waals surface area contributed by atoms with Gasteiger partial charge >= 0.3 is 0 Å². The molecule has 0 aromatic rings. The second-order valence-electron chi connectivity index (χ2n) is 8.48. The van der Waals surface area contributed by atoms with Crippen LogP contribution in [-0.2, 0) is 0 Å². The SMILES string of the molecule is C[C@]12C=CC(O)CC1CC(O)C1=C2CC[C@]2(C)C(O)CC[C@@H]12. The molecule has 0 aromatic heterocycles. The Balaban J connectivity index is 1.83. The van der Waals surface area contributed by atoms with Crippen molar-refractivity contribution >= 4 is 0 Å². The zero-order valence-electron chi connectivity index (χ0n) is 13.6. The highest BCUT2D eigenvalue weighted by Crippen LogP contribution is 2.62. The van der Waals surface area contributed by atoms with Crippen molar-refractivity contribution in [1.82, 2.24) is 0 Å². The molecule has 7 atom stereocenters. The molecule has 4 unspecified atom stereocenters. The van der Waals surface area contributed by atoms with Crippen molar-refractivity contribution in [3.63, 3.8) is 0 Å². The summed E-state index contributed by atoms with van der Waals surface area (Å²) in [5.74, 6) is 0.663. The highest BCUT2D eigenvalue weighted by Gasteiger charge is 2.56. The van der Waals surface area contributed by atoms with Crippen LogP contribution < -0.4 is 0 Å². The number of rotatable bonds is 0. The molecule has 3 nitrogen and oxygen atoms in total. The van der Waals surface area contributed by atoms with Gasteiger partial charge in [0.15, 0.2) is 0 Å². The third kappa shape index (κ3) is 1.79. The largest absolute Gasteiger partial charge is 0.393 e. The third-order valence-corrected chi connectivity index (χ3v) is 7.48. The van der Waals surface area contributed by atoms with Crippen LogP contribution in [0.25, 0.3) is 0 Å². The van der Waals surface area contributed by atoms with E-state index in [4.69, 9.17) is 0 Å². The summed E-state index contributed by atoms with van der Waals surface area (Å²) in [6.45, 7) is 4.50. The van der Waals surface area contributed by atoms with Gasteiger partial charge in [-0.15, -0.1) is 0 Å². The van der Waals surface area contributed by atoms with Crippen molar-refractivity contribution in [2.75, 3.05) is 0 Å². The lowest BCUT2D eigenvalue weighted by Gasteiger charge is -2.53. The molecule has 1 saturated carbocycles. The number of aliphatic hydroxyl groups excluding tert-OH is 3. The first-order valence-corrected chi connectivity index (χ1v) is 8.83. The van der Waals surface area contributed by atoms with Crippen LogP contribution in [0.15, 0.2) is 23.3 Å². The third-order valence-electron chi connectivity index (χ3n) is 7.48. The predicted octanol–water partition coefficient (Wildman–Crippen LogP) is 2.56. The molecule has 0 amide bonds. The maximum atomic E-state index is 10.8. The smallest absolute Gasteiger partial charge is 0.0759 e. The molecular weight excluding hydrogens is 276 g/mol. The van der Waals surface area contributed by atoms with Gasteiger partial charge in [-0.05, 0) is 55.9 Å². The lowest BCUT2D eigenvalue weighted by molar-refractivity contribution is 0.00704. The summed E-state index contributed by atoms with van der Waals surface area (Å²) in [7, 11) is 0. The second-order valence-corrected chi connectivity index (χ2v) is 8.48. The molecule has 0 aromatic carbocycles. The zero-order chi connectivity index (χ0) is 15.7. The lowest BCUT2D eigenvalue weighted by atomic mass is 9.52. The molecule has 122 valence electrons. The van der Waals surface area contributed by atoms with Crippen LogP contribution in [0, 0.1) is 22.7 Å². The Kier molecular flexibility index (Phi) is 3.18. The number of hydrogen-bond donors (Lipinski definition) is 3. The van der Waals surface area contributed by atoms with Crippen molar-refractivity contribution < 1.29 is 15.3 Å². The Morgan fingerprint density at radius 1 is 1.09 bits per heavy atom. The van der Waals surface area contributed by atoms with Gasteiger partial charge in [-0.1, -0.05) is 31.6 Å². The monoisotopic (exact) mass is 304 g/mol. The van der Waals surface area contributed by atoms with E-state index in [1.54, 1.807) is 0 Å². The van der Waals surface area contributed by atoms with E-state index in [9.17, 15) is 15.3 Å². The molecule has 0 spiro atoms. The topological polar surface area (TPSA) is 60.7 Å². The number of fused-ring (bicyclic) bond motifs is 4. The van der Waals surface area contributed by atoms with Crippen molar-refractivity contribution in [3.8, 4) is 0 Å². The summed E-state index contributed by atoms with van der Waals surface area (Å²) in [5.41, 5.74) is 2.59. The van der Waals surface area contributed by atoms with Gasteiger partial charge in [0, 0.05) is 10.8 Å².